The predicted octanol–water partition coefficient (Wildman–Crippen LogP) is 4.19. The first-order valence-corrected chi connectivity index (χ1v) is 11.0. The van der Waals surface area contributed by atoms with Gasteiger partial charge in [0.2, 0.25) is 11.8 Å². The molecule has 3 heterocycles. The van der Waals surface area contributed by atoms with Crippen LogP contribution >= 0.6 is 0 Å². The Labute approximate surface area is 176 Å². The average molecular weight is 408 g/mol. The second-order valence-corrected chi connectivity index (χ2v) is 8.69. The van der Waals surface area contributed by atoms with E-state index in [0.717, 1.165) is 53.8 Å². The van der Waals surface area contributed by atoms with Crippen molar-refractivity contribution < 1.29 is 9.47 Å². The summed E-state index contributed by atoms with van der Waals surface area (Å²) in [5.41, 5.74) is 2.90. The van der Waals surface area contributed by atoms with Gasteiger partial charge >= 0.3 is 0 Å². The van der Waals surface area contributed by atoms with E-state index in [2.05, 4.69) is 34.5 Å². The van der Waals surface area contributed by atoms with Crippen LogP contribution in [0.3, 0.4) is 0 Å². The molecule has 158 valence electrons. The molecular formula is C23H29N5O2. The van der Waals surface area contributed by atoms with Crippen molar-refractivity contribution in [2.24, 2.45) is 13.0 Å². The summed E-state index contributed by atoms with van der Waals surface area (Å²) in [6.07, 6.45) is 9.65. The molecule has 7 heteroatoms. The maximum absolute atomic E-state index is 6.29. The molecule has 0 bridgehead atoms. The molecule has 1 atom stereocenters. The molecule has 0 spiro atoms. The quantitative estimate of drug-likeness (QED) is 0.684. The Morgan fingerprint density at radius 1 is 1.17 bits per heavy atom. The Morgan fingerprint density at radius 3 is 2.83 bits per heavy atom. The molecule has 5 rings (SSSR count). The van der Waals surface area contributed by atoms with Crippen molar-refractivity contribution in [3.8, 4) is 17.0 Å². The van der Waals surface area contributed by atoms with Gasteiger partial charge < -0.3 is 14.8 Å². The summed E-state index contributed by atoms with van der Waals surface area (Å²) >= 11 is 0. The fraction of sp³-hybridized carbons (Fsp3) is 0.522. The third kappa shape index (κ3) is 4.12. The van der Waals surface area contributed by atoms with Gasteiger partial charge in [0.05, 0.1) is 24.3 Å². The van der Waals surface area contributed by atoms with Crippen LogP contribution in [-0.4, -0.2) is 45.1 Å². The lowest BCUT2D eigenvalue weighted by atomic mass is 9.87. The topological polar surface area (TPSA) is 74.1 Å². The number of ether oxygens (including phenoxy) is 2. The minimum atomic E-state index is 0.0316. The van der Waals surface area contributed by atoms with Crippen LogP contribution in [0.4, 0.5) is 5.95 Å². The molecule has 3 aromatic rings. The van der Waals surface area contributed by atoms with E-state index in [9.17, 15) is 0 Å². The third-order valence-electron chi connectivity index (χ3n) is 6.20. The highest BCUT2D eigenvalue weighted by Gasteiger charge is 2.23. The Morgan fingerprint density at radius 2 is 2.03 bits per heavy atom. The van der Waals surface area contributed by atoms with Crippen LogP contribution < -0.4 is 10.1 Å². The molecule has 1 aliphatic carbocycles. The van der Waals surface area contributed by atoms with E-state index in [1.165, 1.54) is 12.8 Å². The van der Waals surface area contributed by atoms with E-state index in [1.807, 2.05) is 30.2 Å². The van der Waals surface area contributed by atoms with Crippen LogP contribution in [0.15, 0.2) is 30.6 Å². The fourth-order valence-electron chi connectivity index (χ4n) is 4.39. The Kier molecular flexibility index (Phi) is 5.29. The van der Waals surface area contributed by atoms with Crippen molar-refractivity contribution in [1.82, 2.24) is 19.7 Å². The van der Waals surface area contributed by atoms with Crippen LogP contribution in [0.1, 0.15) is 39.0 Å². The summed E-state index contributed by atoms with van der Waals surface area (Å²) in [6.45, 7) is 3.67. The predicted molar refractivity (Wildman–Crippen MR) is 117 cm³/mol. The van der Waals surface area contributed by atoms with Gasteiger partial charge in [0.25, 0.3) is 0 Å². The molecule has 2 aromatic heterocycles. The summed E-state index contributed by atoms with van der Waals surface area (Å²) in [7, 11) is 1.93. The normalized spacial score (nSPS) is 24.3. The van der Waals surface area contributed by atoms with Gasteiger partial charge in [-0.2, -0.15) is 10.1 Å². The zero-order valence-electron chi connectivity index (χ0n) is 17.7. The van der Waals surface area contributed by atoms with E-state index in [-0.39, 0.29) is 6.10 Å². The number of aryl methyl sites for hydroxylation is 1. The zero-order valence-corrected chi connectivity index (χ0v) is 17.7. The molecule has 1 aliphatic heterocycles. The lowest BCUT2D eigenvalue weighted by Gasteiger charge is -2.27. The number of hydrogen-bond donors (Lipinski definition) is 1. The minimum Gasteiger partial charge on any atom is -0.471 e. The molecular weight excluding hydrogens is 378 g/mol. The van der Waals surface area contributed by atoms with E-state index in [4.69, 9.17) is 14.5 Å². The van der Waals surface area contributed by atoms with E-state index < -0.39 is 0 Å². The van der Waals surface area contributed by atoms with Crippen molar-refractivity contribution in [3.05, 3.63) is 30.6 Å². The Bertz CT molecular complexity index is 1020. The highest BCUT2D eigenvalue weighted by atomic mass is 16.5. The maximum Gasteiger partial charge on any atom is 0.226 e. The first-order chi connectivity index (χ1) is 14.6. The molecule has 1 unspecified atom stereocenters. The highest BCUT2D eigenvalue weighted by Crippen LogP contribution is 2.33. The number of fused-ring (bicyclic) bond motifs is 1. The maximum atomic E-state index is 6.29. The monoisotopic (exact) mass is 407 g/mol. The van der Waals surface area contributed by atoms with E-state index in [0.29, 0.717) is 24.5 Å². The zero-order chi connectivity index (χ0) is 20.5. The van der Waals surface area contributed by atoms with Gasteiger partial charge in [0.15, 0.2) is 0 Å². The van der Waals surface area contributed by atoms with Crippen molar-refractivity contribution in [1.29, 1.82) is 0 Å². The molecule has 7 nitrogen and oxygen atoms in total. The molecule has 2 aliphatic rings. The highest BCUT2D eigenvalue weighted by molar-refractivity contribution is 5.85. The summed E-state index contributed by atoms with van der Waals surface area (Å²) in [6, 6.07) is 6.64. The number of benzene rings is 1. The smallest absolute Gasteiger partial charge is 0.226 e. The van der Waals surface area contributed by atoms with Crippen LogP contribution in [0, 0.1) is 5.92 Å². The fourth-order valence-corrected chi connectivity index (χ4v) is 4.39. The van der Waals surface area contributed by atoms with Gasteiger partial charge in [-0.3, -0.25) is 4.68 Å². The van der Waals surface area contributed by atoms with Crippen molar-refractivity contribution in [2.45, 2.75) is 51.2 Å². The van der Waals surface area contributed by atoms with Gasteiger partial charge in [-0.1, -0.05) is 13.0 Å². The molecule has 30 heavy (non-hydrogen) atoms. The van der Waals surface area contributed by atoms with Gasteiger partial charge in [0.1, 0.15) is 6.10 Å². The largest absolute Gasteiger partial charge is 0.471 e. The lowest BCUT2D eigenvalue weighted by Crippen LogP contribution is -2.26. The summed E-state index contributed by atoms with van der Waals surface area (Å²) in [4.78, 5) is 9.42. The van der Waals surface area contributed by atoms with Crippen molar-refractivity contribution in [2.75, 3.05) is 18.5 Å². The van der Waals surface area contributed by atoms with Crippen LogP contribution in [0.2, 0.25) is 0 Å². The van der Waals surface area contributed by atoms with E-state index in [1.54, 1.807) is 0 Å². The van der Waals surface area contributed by atoms with Crippen LogP contribution in [0.5, 0.6) is 5.88 Å². The molecule has 1 saturated carbocycles. The molecule has 1 aromatic carbocycles. The first kappa shape index (κ1) is 19.3. The van der Waals surface area contributed by atoms with Crippen molar-refractivity contribution >= 4 is 16.9 Å². The number of rotatable bonds is 5. The molecule has 2 fully saturated rings. The van der Waals surface area contributed by atoms with Gasteiger partial charge in [-0.05, 0) is 49.3 Å². The number of hydrogen-bond acceptors (Lipinski definition) is 6. The van der Waals surface area contributed by atoms with E-state index >= 15 is 0 Å². The number of aromatic nitrogens is 4. The molecule has 1 saturated heterocycles. The van der Waals surface area contributed by atoms with Crippen LogP contribution in [-0.2, 0) is 11.8 Å². The Balaban J connectivity index is 1.45. The number of nitrogens with zero attached hydrogens (tertiary/aromatic N) is 4. The summed E-state index contributed by atoms with van der Waals surface area (Å²) in [5, 5.41) is 9.08. The third-order valence-corrected chi connectivity index (χ3v) is 6.20. The standard InChI is InChI=1S/C23H29N5O2/c1-15-3-6-18(7-4-15)25-23-24-12-20(22(26-23)30-19-9-10-29-14-19)16-5-8-21-17(11-16)13-28(2)27-21/h5,8,11-13,15,18-19H,3-4,6-7,9-10,14H2,1-2H3,(H,24,25,26). The number of nitrogens with one attached hydrogen (secondary N) is 1. The second-order valence-electron chi connectivity index (χ2n) is 8.69. The average Bonchev–Trinajstić information content (AvgIpc) is 3.38. The number of anilines is 1. The van der Waals surface area contributed by atoms with Gasteiger partial charge in [0, 0.05) is 37.3 Å². The molecule has 0 amide bonds. The van der Waals surface area contributed by atoms with Gasteiger partial charge in [-0.25, -0.2) is 4.98 Å². The lowest BCUT2D eigenvalue weighted by molar-refractivity contribution is 0.138. The SMILES string of the molecule is CC1CCC(Nc2ncc(-c3ccc4nn(C)cc4c3)c(OC3CCOC3)n2)CC1. The molecule has 1 N–H and O–H groups in total. The molecule has 0 radical (unpaired) electrons. The summed E-state index contributed by atoms with van der Waals surface area (Å²) in [5.74, 6) is 2.08. The Hall–Kier alpha value is -2.67. The van der Waals surface area contributed by atoms with Crippen LogP contribution in [0.25, 0.3) is 22.0 Å². The minimum absolute atomic E-state index is 0.0316. The first-order valence-electron chi connectivity index (χ1n) is 11.0. The second kappa shape index (κ2) is 8.22. The van der Waals surface area contributed by atoms with Crippen molar-refractivity contribution in [3.63, 3.8) is 0 Å². The summed E-state index contributed by atoms with van der Waals surface area (Å²) < 4.78 is 13.6. The van der Waals surface area contributed by atoms with Gasteiger partial charge in [-0.15, -0.1) is 0 Å².